The molecule has 0 aromatic heterocycles. The minimum Gasteiger partial charge on any atom is -0.495 e. The molecule has 0 bridgehead atoms. The molecule has 1 aromatic carbocycles. The standard InChI is InChI=1S/C15H23NO2/c1-16(11-15(12-17)9-5-6-10-15)13-7-3-4-8-14(13)18-2/h3-4,7-8,17H,5-6,9-12H2,1-2H3. The van der Waals surface area contributed by atoms with Crippen LogP contribution in [0.3, 0.4) is 0 Å². The molecule has 3 heteroatoms. The molecule has 0 heterocycles. The maximum absolute atomic E-state index is 9.68. The third kappa shape index (κ3) is 2.61. The van der Waals surface area contributed by atoms with Crippen LogP contribution >= 0.6 is 0 Å². The largest absolute Gasteiger partial charge is 0.495 e. The number of aliphatic hydroxyl groups is 1. The van der Waals surface area contributed by atoms with Gasteiger partial charge in [-0.3, -0.25) is 0 Å². The molecule has 1 saturated carbocycles. The number of ether oxygens (including phenoxy) is 1. The van der Waals surface area contributed by atoms with Crippen molar-refractivity contribution in [3.63, 3.8) is 0 Å². The lowest BCUT2D eigenvalue weighted by molar-refractivity contribution is 0.137. The van der Waals surface area contributed by atoms with Crippen molar-refractivity contribution in [1.29, 1.82) is 0 Å². The van der Waals surface area contributed by atoms with Crippen LogP contribution in [0.4, 0.5) is 5.69 Å². The highest BCUT2D eigenvalue weighted by Crippen LogP contribution is 2.39. The van der Waals surface area contributed by atoms with Gasteiger partial charge in [0.15, 0.2) is 0 Å². The van der Waals surface area contributed by atoms with E-state index < -0.39 is 0 Å². The molecule has 0 saturated heterocycles. The highest BCUT2D eigenvalue weighted by Gasteiger charge is 2.34. The number of aliphatic hydroxyl groups excluding tert-OH is 1. The molecule has 1 aliphatic carbocycles. The molecule has 0 aliphatic heterocycles. The van der Waals surface area contributed by atoms with E-state index in [9.17, 15) is 5.11 Å². The number of methoxy groups -OCH3 is 1. The van der Waals surface area contributed by atoms with Gasteiger partial charge in [-0.05, 0) is 25.0 Å². The molecule has 0 spiro atoms. The highest BCUT2D eigenvalue weighted by atomic mass is 16.5. The first-order chi connectivity index (χ1) is 8.71. The van der Waals surface area contributed by atoms with E-state index in [1.54, 1.807) is 7.11 Å². The maximum Gasteiger partial charge on any atom is 0.142 e. The third-order valence-corrected chi connectivity index (χ3v) is 4.07. The Morgan fingerprint density at radius 2 is 1.94 bits per heavy atom. The molecular formula is C15H23NO2. The topological polar surface area (TPSA) is 32.7 Å². The van der Waals surface area contributed by atoms with Crippen molar-refractivity contribution >= 4 is 5.69 Å². The van der Waals surface area contributed by atoms with E-state index >= 15 is 0 Å². The number of hydrogen-bond acceptors (Lipinski definition) is 3. The minimum absolute atomic E-state index is 0.0790. The fourth-order valence-electron chi connectivity index (χ4n) is 3.02. The Labute approximate surface area is 109 Å². The van der Waals surface area contributed by atoms with Gasteiger partial charge in [-0.25, -0.2) is 0 Å². The average molecular weight is 249 g/mol. The highest BCUT2D eigenvalue weighted by molar-refractivity contribution is 5.58. The van der Waals surface area contributed by atoms with Gasteiger partial charge in [0.2, 0.25) is 0 Å². The molecule has 0 unspecified atom stereocenters. The molecular weight excluding hydrogens is 226 g/mol. The molecule has 2 rings (SSSR count). The van der Waals surface area contributed by atoms with E-state index in [0.29, 0.717) is 0 Å². The first-order valence-electron chi connectivity index (χ1n) is 6.66. The zero-order valence-electron chi connectivity index (χ0n) is 11.4. The fourth-order valence-corrected chi connectivity index (χ4v) is 3.02. The average Bonchev–Trinajstić information content (AvgIpc) is 2.87. The molecule has 100 valence electrons. The Hall–Kier alpha value is -1.22. The summed E-state index contributed by atoms with van der Waals surface area (Å²) in [5.41, 5.74) is 1.18. The molecule has 1 aliphatic rings. The molecule has 1 N–H and O–H groups in total. The summed E-state index contributed by atoms with van der Waals surface area (Å²) in [7, 11) is 3.78. The Kier molecular flexibility index (Phi) is 4.12. The summed E-state index contributed by atoms with van der Waals surface area (Å²) in [4.78, 5) is 2.21. The molecule has 3 nitrogen and oxygen atoms in total. The van der Waals surface area contributed by atoms with Crippen LogP contribution in [0.5, 0.6) is 5.75 Å². The van der Waals surface area contributed by atoms with E-state index in [-0.39, 0.29) is 12.0 Å². The summed E-state index contributed by atoms with van der Waals surface area (Å²) in [6.07, 6.45) is 4.73. The fraction of sp³-hybridized carbons (Fsp3) is 0.600. The first kappa shape index (κ1) is 13.2. The van der Waals surface area contributed by atoms with Gasteiger partial charge in [-0.2, -0.15) is 0 Å². The quantitative estimate of drug-likeness (QED) is 0.871. The third-order valence-electron chi connectivity index (χ3n) is 4.07. The van der Waals surface area contributed by atoms with Crippen molar-refractivity contribution in [2.45, 2.75) is 25.7 Å². The Morgan fingerprint density at radius 3 is 2.56 bits per heavy atom. The molecule has 0 amide bonds. The van der Waals surface area contributed by atoms with Crippen LogP contribution in [0.2, 0.25) is 0 Å². The van der Waals surface area contributed by atoms with E-state index in [1.165, 1.54) is 12.8 Å². The van der Waals surface area contributed by atoms with E-state index in [2.05, 4.69) is 18.0 Å². The summed E-state index contributed by atoms with van der Waals surface area (Å²) in [6, 6.07) is 8.05. The van der Waals surface area contributed by atoms with Crippen molar-refractivity contribution in [3.8, 4) is 5.75 Å². The van der Waals surface area contributed by atoms with Gasteiger partial charge in [-0.15, -0.1) is 0 Å². The SMILES string of the molecule is COc1ccccc1N(C)CC1(CO)CCCC1. The number of anilines is 1. The zero-order valence-corrected chi connectivity index (χ0v) is 11.4. The first-order valence-corrected chi connectivity index (χ1v) is 6.66. The van der Waals surface area contributed by atoms with Gasteiger partial charge in [0.25, 0.3) is 0 Å². The van der Waals surface area contributed by atoms with Crippen molar-refractivity contribution in [3.05, 3.63) is 24.3 Å². The van der Waals surface area contributed by atoms with E-state index in [4.69, 9.17) is 4.74 Å². The number of rotatable bonds is 5. The molecule has 1 fully saturated rings. The summed E-state index contributed by atoms with van der Waals surface area (Å²) in [5.74, 6) is 0.895. The lowest BCUT2D eigenvalue weighted by Crippen LogP contribution is -2.36. The predicted octanol–water partition coefficient (Wildman–Crippen LogP) is 2.68. The monoisotopic (exact) mass is 249 g/mol. The zero-order chi connectivity index (χ0) is 13.0. The van der Waals surface area contributed by atoms with Gasteiger partial charge < -0.3 is 14.7 Å². The van der Waals surface area contributed by atoms with Gasteiger partial charge in [0.05, 0.1) is 19.4 Å². The molecule has 18 heavy (non-hydrogen) atoms. The van der Waals surface area contributed by atoms with Crippen molar-refractivity contribution < 1.29 is 9.84 Å². The van der Waals surface area contributed by atoms with Gasteiger partial charge in [-0.1, -0.05) is 25.0 Å². The van der Waals surface area contributed by atoms with Crippen LogP contribution in [-0.4, -0.2) is 32.4 Å². The van der Waals surface area contributed by atoms with Crippen LogP contribution < -0.4 is 9.64 Å². The van der Waals surface area contributed by atoms with Gasteiger partial charge >= 0.3 is 0 Å². The van der Waals surface area contributed by atoms with Crippen molar-refractivity contribution in [2.24, 2.45) is 5.41 Å². The van der Waals surface area contributed by atoms with E-state index in [1.807, 2.05) is 18.2 Å². The number of hydrogen-bond donors (Lipinski definition) is 1. The summed E-state index contributed by atoms with van der Waals surface area (Å²) >= 11 is 0. The Morgan fingerprint density at radius 1 is 1.28 bits per heavy atom. The smallest absolute Gasteiger partial charge is 0.142 e. The summed E-state index contributed by atoms with van der Waals surface area (Å²) < 4.78 is 5.39. The Bertz CT molecular complexity index is 386. The van der Waals surface area contributed by atoms with Crippen molar-refractivity contribution in [1.82, 2.24) is 0 Å². The van der Waals surface area contributed by atoms with Gasteiger partial charge in [0.1, 0.15) is 5.75 Å². The summed E-state index contributed by atoms with van der Waals surface area (Å²) in [5, 5.41) is 9.68. The molecule has 0 atom stereocenters. The Balaban J connectivity index is 2.13. The second-order valence-corrected chi connectivity index (χ2v) is 5.39. The van der Waals surface area contributed by atoms with Gasteiger partial charge in [0, 0.05) is 19.0 Å². The normalized spacial score (nSPS) is 17.7. The van der Waals surface area contributed by atoms with Crippen LogP contribution in [0.15, 0.2) is 24.3 Å². The summed E-state index contributed by atoms with van der Waals surface area (Å²) in [6.45, 7) is 1.18. The lowest BCUT2D eigenvalue weighted by atomic mass is 9.86. The second kappa shape index (κ2) is 5.61. The molecule has 0 radical (unpaired) electrons. The van der Waals surface area contributed by atoms with Crippen molar-refractivity contribution in [2.75, 3.05) is 32.2 Å². The van der Waals surface area contributed by atoms with Crippen LogP contribution in [0.25, 0.3) is 0 Å². The van der Waals surface area contributed by atoms with Crippen LogP contribution in [0, 0.1) is 5.41 Å². The minimum atomic E-state index is 0.0790. The molecule has 1 aromatic rings. The maximum atomic E-state index is 9.68. The number of para-hydroxylation sites is 2. The van der Waals surface area contributed by atoms with E-state index in [0.717, 1.165) is 30.8 Å². The predicted molar refractivity (Wildman–Crippen MR) is 74.3 cm³/mol. The number of nitrogens with zero attached hydrogens (tertiary/aromatic N) is 1. The second-order valence-electron chi connectivity index (χ2n) is 5.39. The van der Waals surface area contributed by atoms with Crippen LogP contribution in [0.1, 0.15) is 25.7 Å². The number of benzene rings is 1. The van der Waals surface area contributed by atoms with Crippen LogP contribution in [-0.2, 0) is 0 Å². The lowest BCUT2D eigenvalue weighted by Gasteiger charge is -2.33.